The Kier molecular flexibility index (Phi) is 1.89. The molecule has 2 rings (SSSR count). The van der Waals surface area contributed by atoms with Crippen LogP contribution in [0.15, 0.2) is 6.07 Å². The Bertz CT molecular complexity index is 697. The van der Waals surface area contributed by atoms with E-state index in [9.17, 15) is 15.0 Å². The number of carbonyl (C=O) groups is 1. The number of aliphatic hydroxyl groups is 1. The van der Waals surface area contributed by atoms with Crippen LogP contribution in [0.2, 0.25) is 0 Å². The zero-order chi connectivity index (χ0) is 18.7. The second-order valence-electron chi connectivity index (χ2n) is 3.65. The quantitative estimate of drug-likeness (QED) is 0.854. The summed E-state index contributed by atoms with van der Waals surface area (Å²) in [6.45, 7) is -2.16. The lowest BCUT2D eigenvalue weighted by Gasteiger charge is -2.26. The molecule has 0 saturated carbocycles. The van der Waals surface area contributed by atoms with Crippen molar-refractivity contribution in [3.8, 4) is 17.2 Å². The van der Waals surface area contributed by atoms with Crippen LogP contribution in [0.25, 0.3) is 0 Å². The molecule has 1 heterocycles. The van der Waals surface area contributed by atoms with Gasteiger partial charge in [-0.05, 0) is 6.92 Å². The smallest absolute Gasteiger partial charge is 0.174 e. The molecule has 1 atom stereocenters. The van der Waals surface area contributed by atoms with E-state index >= 15 is 0 Å². The molecular formula is C13H16O5. The van der Waals surface area contributed by atoms with Crippen LogP contribution >= 0.6 is 0 Å². The van der Waals surface area contributed by atoms with Gasteiger partial charge in [-0.15, -0.1) is 0 Å². The molecule has 98 valence electrons. The molecule has 2 N–H and O–H groups in total. The predicted molar refractivity (Wildman–Crippen MR) is 64.5 cm³/mol. The van der Waals surface area contributed by atoms with Gasteiger partial charge in [0.1, 0.15) is 28.9 Å². The van der Waals surface area contributed by atoms with Crippen molar-refractivity contribution >= 4 is 5.78 Å². The molecule has 1 aromatic rings. The van der Waals surface area contributed by atoms with Crippen molar-refractivity contribution < 1.29 is 32.7 Å². The largest absolute Gasteiger partial charge is 0.507 e. The fourth-order valence-electron chi connectivity index (χ4n) is 1.76. The summed E-state index contributed by atoms with van der Waals surface area (Å²) in [6, 6.07) is 0.852. The Morgan fingerprint density at radius 2 is 2.44 bits per heavy atom. The summed E-state index contributed by atoms with van der Waals surface area (Å²) in [6.07, 6.45) is -6.90. The molecule has 0 bridgehead atoms. The lowest BCUT2D eigenvalue weighted by Crippen LogP contribution is -2.25. The number of hydrogen-bond donors (Lipinski definition) is 2. The van der Waals surface area contributed by atoms with Gasteiger partial charge in [0.2, 0.25) is 0 Å². The number of hydrogen-bond acceptors (Lipinski definition) is 5. The van der Waals surface area contributed by atoms with E-state index in [4.69, 9.17) is 17.7 Å². The van der Waals surface area contributed by atoms with Crippen LogP contribution in [-0.2, 0) is 6.37 Å². The van der Waals surface area contributed by atoms with Crippen molar-refractivity contribution in [3.05, 3.63) is 17.2 Å². The molecule has 0 amide bonds. The number of methoxy groups -OCH3 is 1. The highest BCUT2D eigenvalue weighted by molar-refractivity contribution is 6.03. The van der Waals surface area contributed by atoms with Crippen molar-refractivity contribution in [3.63, 3.8) is 0 Å². The van der Waals surface area contributed by atoms with E-state index in [1.165, 1.54) is 6.92 Å². The first-order valence-electron chi connectivity index (χ1n) is 8.15. The van der Waals surface area contributed by atoms with Gasteiger partial charge in [-0.3, -0.25) is 4.79 Å². The Hall–Kier alpha value is -1.75. The number of benzene rings is 1. The van der Waals surface area contributed by atoms with Gasteiger partial charge < -0.3 is 19.7 Å². The van der Waals surface area contributed by atoms with Crippen molar-refractivity contribution in [2.24, 2.45) is 0 Å². The number of carbonyl (C=O) groups excluding carboxylic acids is 1. The van der Waals surface area contributed by atoms with Gasteiger partial charge in [0.25, 0.3) is 0 Å². The zero-order valence-corrected chi connectivity index (χ0v) is 9.77. The highest BCUT2D eigenvalue weighted by Crippen LogP contribution is 2.42. The highest BCUT2D eigenvalue weighted by Gasteiger charge is 2.31. The topological polar surface area (TPSA) is 76.0 Å². The summed E-state index contributed by atoms with van der Waals surface area (Å²) in [7, 11) is 1.16. The van der Waals surface area contributed by atoms with E-state index in [0.29, 0.717) is 0 Å². The molecule has 5 nitrogen and oxygen atoms in total. The number of rotatable bonds is 3. The lowest BCUT2D eigenvalue weighted by atomic mass is 9.95. The standard InChI is InChI=1S/C13H16O5/c1-7-5-10(16)12-11(17-2)6-9(15)8(3-4-14)13(12)18-7/h6-7,14-15H,3-5H2,1-2H3/t7-/m1/s1/i3D2,4D2,5D2. The summed E-state index contributed by atoms with van der Waals surface area (Å²) in [5, 5.41) is 19.6. The first-order chi connectivity index (χ1) is 10.8. The monoisotopic (exact) mass is 258 g/mol. The van der Waals surface area contributed by atoms with Gasteiger partial charge in [-0.2, -0.15) is 0 Å². The molecule has 0 aliphatic carbocycles. The molecule has 0 aromatic heterocycles. The Morgan fingerprint density at radius 1 is 1.72 bits per heavy atom. The van der Waals surface area contributed by atoms with Crippen molar-refractivity contribution in [1.29, 1.82) is 0 Å². The van der Waals surface area contributed by atoms with Crippen LogP contribution in [0.1, 0.15) is 37.4 Å². The van der Waals surface area contributed by atoms with Gasteiger partial charge in [0.05, 0.1) is 9.85 Å². The number of phenols is 1. The van der Waals surface area contributed by atoms with Crippen LogP contribution in [0, 0.1) is 0 Å². The van der Waals surface area contributed by atoms with E-state index in [2.05, 4.69) is 0 Å². The van der Waals surface area contributed by atoms with Crippen molar-refractivity contribution in [2.45, 2.75) is 25.8 Å². The first kappa shape index (κ1) is 6.99. The average Bonchev–Trinajstić information content (AvgIpc) is 2.42. The molecule has 1 aromatic carbocycles. The SMILES string of the molecule is [2H]C1([2H])C(=O)c2c(OC)cc(O)c(C([2H])([2H])C([2H])([2H])O)c2O[C@@H]1C. The van der Waals surface area contributed by atoms with E-state index in [-0.39, 0.29) is 5.75 Å². The fourth-order valence-corrected chi connectivity index (χ4v) is 1.76. The summed E-state index contributed by atoms with van der Waals surface area (Å²) in [5.74, 6) is -2.65. The Labute approximate surface area is 113 Å². The van der Waals surface area contributed by atoms with Crippen LogP contribution in [0.3, 0.4) is 0 Å². The molecule has 1 aliphatic rings. The van der Waals surface area contributed by atoms with Gasteiger partial charge in [0, 0.05) is 36.4 Å². The van der Waals surface area contributed by atoms with Crippen LogP contribution in [-0.4, -0.2) is 35.8 Å². The number of ketones is 1. The molecule has 18 heavy (non-hydrogen) atoms. The third-order valence-corrected chi connectivity index (χ3v) is 2.48. The summed E-state index contributed by atoms with van der Waals surface area (Å²) >= 11 is 0. The highest BCUT2D eigenvalue weighted by atomic mass is 16.5. The number of phenolic OH excluding ortho intramolecular Hbond substituents is 1. The zero-order valence-electron chi connectivity index (χ0n) is 15.8. The van der Waals surface area contributed by atoms with E-state index in [1.807, 2.05) is 0 Å². The van der Waals surface area contributed by atoms with Crippen LogP contribution in [0.4, 0.5) is 0 Å². The van der Waals surface area contributed by atoms with Gasteiger partial charge >= 0.3 is 0 Å². The molecular weight excluding hydrogens is 236 g/mol. The minimum absolute atomic E-state index is 0.249. The molecule has 0 spiro atoms. The minimum atomic E-state index is -3.40. The van der Waals surface area contributed by atoms with E-state index < -0.39 is 53.8 Å². The number of ether oxygens (including phenoxy) is 2. The lowest BCUT2D eigenvalue weighted by molar-refractivity contribution is 0.0862. The number of Topliss-reactive ketones (excluding diaryl/α,β-unsaturated/α-hetero) is 1. The molecule has 5 heteroatoms. The number of aromatic hydroxyl groups is 1. The van der Waals surface area contributed by atoms with E-state index in [1.54, 1.807) is 0 Å². The van der Waals surface area contributed by atoms with Gasteiger partial charge in [-0.25, -0.2) is 0 Å². The van der Waals surface area contributed by atoms with Crippen LogP contribution < -0.4 is 9.47 Å². The van der Waals surface area contributed by atoms with Crippen LogP contribution in [0.5, 0.6) is 17.2 Å². The molecule has 1 aliphatic heterocycles. The molecule has 0 unspecified atom stereocenters. The molecule has 0 fully saturated rings. The Morgan fingerprint density at radius 3 is 3.06 bits per heavy atom. The third-order valence-electron chi connectivity index (χ3n) is 2.48. The Balaban J connectivity index is 2.88. The molecule has 0 saturated heterocycles. The maximum Gasteiger partial charge on any atom is 0.174 e. The molecule has 0 radical (unpaired) electrons. The maximum absolute atomic E-state index is 12.5. The first-order valence-corrected chi connectivity index (χ1v) is 5.15. The van der Waals surface area contributed by atoms with Crippen molar-refractivity contribution in [2.75, 3.05) is 13.7 Å². The summed E-state index contributed by atoms with van der Waals surface area (Å²) < 4.78 is 56.0. The predicted octanol–water partition coefficient (Wildman–Crippen LogP) is 1.29. The number of fused-ring (bicyclic) bond motifs is 1. The second kappa shape index (κ2) is 4.86. The van der Waals surface area contributed by atoms with Gasteiger partial charge in [0.15, 0.2) is 5.78 Å². The summed E-state index contributed by atoms with van der Waals surface area (Å²) in [5.41, 5.74) is -1.25. The normalized spacial score (nSPS) is 27.5. The maximum atomic E-state index is 12.5. The summed E-state index contributed by atoms with van der Waals surface area (Å²) in [4.78, 5) is 12.5. The third kappa shape index (κ3) is 2.01. The van der Waals surface area contributed by atoms with Gasteiger partial charge in [-0.1, -0.05) is 0 Å². The van der Waals surface area contributed by atoms with Crippen molar-refractivity contribution in [1.82, 2.24) is 0 Å². The fraction of sp³-hybridized carbons (Fsp3) is 0.462. The average molecular weight is 258 g/mol. The van der Waals surface area contributed by atoms with E-state index in [0.717, 1.165) is 13.2 Å². The minimum Gasteiger partial charge on any atom is -0.507 e. The second-order valence-corrected chi connectivity index (χ2v) is 3.65.